The molecular weight excluding hydrogens is 428 g/mol. The highest BCUT2D eigenvalue weighted by molar-refractivity contribution is 6.04. The number of benzene rings is 1. The van der Waals surface area contributed by atoms with E-state index in [0.29, 0.717) is 28.4 Å². The molecule has 0 aliphatic heterocycles. The number of aromatic nitrogens is 3. The summed E-state index contributed by atoms with van der Waals surface area (Å²) in [6.07, 6.45) is 5.15. The number of imidazole rings is 1. The molecule has 4 rings (SSSR count). The summed E-state index contributed by atoms with van der Waals surface area (Å²) in [4.78, 5) is 34.8. The summed E-state index contributed by atoms with van der Waals surface area (Å²) >= 11 is 0. The Balaban J connectivity index is 1.61. The minimum absolute atomic E-state index is 0.240. The minimum Gasteiger partial charge on any atom is -0.331 e. The third-order valence-corrected chi connectivity index (χ3v) is 5.17. The van der Waals surface area contributed by atoms with Crippen molar-refractivity contribution in [3.8, 4) is 11.8 Å². The number of hydrogen-bond acceptors (Lipinski definition) is 4. The van der Waals surface area contributed by atoms with Crippen molar-refractivity contribution in [2.24, 2.45) is 0 Å². The Morgan fingerprint density at radius 2 is 1.82 bits per heavy atom. The van der Waals surface area contributed by atoms with Crippen molar-refractivity contribution in [1.29, 1.82) is 0 Å². The molecule has 0 bridgehead atoms. The second-order valence-electron chi connectivity index (χ2n) is 8.04. The number of rotatable bonds is 3. The number of fused-ring (bicyclic) bond motifs is 1. The lowest BCUT2D eigenvalue weighted by molar-refractivity contribution is 0.102. The smallest absolute Gasteiger partial charge is 0.321 e. The zero-order valence-corrected chi connectivity index (χ0v) is 19.4. The first kappa shape index (κ1) is 22.6. The molecule has 170 valence electrons. The predicted molar refractivity (Wildman–Crippen MR) is 132 cm³/mol. The van der Waals surface area contributed by atoms with Crippen LogP contribution in [0.5, 0.6) is 0 Å². The number of amides is 3. The Labute approximate surface area is 197 Å². The number of pyridine rings is 2. The van der Waals surface area contributed by atoms with Gasteiger partial charge in [-0.3, -0.25) is 9.20 Å². The quantitative estimate of drug-likeness (QED) is 0.458. The average molecular weight is 453 g/mol. The molecule has 4 aromatic rings. The highest BCUT2D eigenvalue weighted by Crippen LogP contribution is 2.18. The number of nitrogens with zero attached hydrogens (tertiary/aromatic N) is 4. The molecule has 8 heteroatoms. The maximum Gasteiger partial charge on any atom is 0.321 e. The molecule has 0 saturated heterocycles. The first-order valence-electron chi connectivity index (χ1n) is 10.6. The van der Waals surface area contributed by atoms with Crippen LogP contribution in [0.1, 0.15) is 32.7 Å². The van der Waals surface area contributed by atoms with Crippen molar-refractivity contribution in [2.75, 3.05) is 24.7 Å². The van der Waals surface area contributed by atoms with Crippen LogP contribution in [0.25, 0.3) is 5.65 Å². The Kier molecular flexibility index (Phi) is 6.28. The largest absolute Gasteiger partial charge is 0.331 e. The van der Waals surface area contributed by atoms with E-state index in [-0.39, 0.29) is 11.9 Å². The molecule has 0 radical (unpaired) electrons. The fraction of sp³-hybridized carbons (Fsp3) is 0.154. The normalized spacial score (nSPS) is 10.4. The van der Waals surface area contributed by atoms with E-state index in [1.807, 2.05) is 48.7 Å². The van der Waals surface area contributed by atoms with Gasteiger partial charge >= 0.3 is 6.03 Å². The summed E-state index contributed by atoms with van der Waals surface area (Å²) in [5.74, 6) is 6.54. The van der Waals surface area contributed by atoms with Crippen LogP contribution in [0.2, 0.25) is 0 Å². The van der Waals surface area contributed by atoms with Crippen LogP contribution >= 0.6 is 0 Å². The monoisotopic (exact) mass is 452 g/mol. The summed E-state index contributed by atoms with van der Waals surface area (Å²) in [5, 5.41) is 5.65. The van der Waals surface area contributed by atoms with Gasteiger partial charge in [0, 0.05) is 37.6 Å². The molecule has 0 aliphatic rings. The topological polar surface area (TPSA) is 91.6 Å². The van der Waals surface area contributed by atoms with Gasteiger partial charge in [-0.15, -0.1) is 0 Å². The maximum absolute atomic E-state index is 12.7. The zero-order valence-electron chi connectivity index (χ0n) is 19.4. The Morgan fingerprint density at radius 1 is 1.00 bits per heavy atom. The number of carbonyl (C=O) groups excluding carboxylic acids is 2. The molecule has 3 aromatic heterocycles. The molecule has 8 nitrogen and oxygen atoms in total. The molecule has 0 aliphatic carbocycles. The minimum atomic E-state index is -0.253. The van der Waals surface area contributed by atoms with Gasteiger partial charge < -0.3 is 15.5 Å². The Hall–Kier alpha value is -4.64. The van der Waals surface area contributed by atoms with E-state index in [1.54, 1.807) is 44.7 Å². The summed E-state index contributed by atoms with van der Waals surface area (Å²) in [5.41, 5.74) is 5.03. The lowest BCUT2D eigenvalue weighted by Gasteiger charge is -2.12. The van der Waals surface area contributed by atoms with Gasteiger partial charge in [0.15, 0.2) is 5.65 Å². The van der Waals surface area contributed by atoms with Gasteiger partial charge in [0.1, 0.15) is 11.5 Å². The molecule has 0 unspecified atom stereocenters. The van der Waals surface area contributed by atoms with E-state index >= 15 is 0 Å². The molecule has 0 spiro atoms. The second-order valence-corrected chi connectivity index (χ2v) is 8.04. The summed E-state index contributed by atoms with van der Waals surface area (Å²) < 4.78 is 1.81. The number of aryl methyl sites for hydroxylation is 2. The zero-order chi connectivity index (χ0) is 24.2. The molecule has 2 N–H and O–H groups in total. The van der Waals surface area contributed by atoms with E-state index in [0.717, 1.165) is 16.7 Å². The van der Waals surface area contributed by atoms with Gasteiger partial charge in [-0.05, 0) is 67.3 Å². The van der Waals surface area contributed by atoms with Crippen LogP contribution in [-0.4, -0.2) is 45.3 Å². The Bertz CT molecular complexity index is 1460. The Morgan fingerprint density at radius 3 is 2.59 bits per heavy atom. The highest BCUT2D eigenvalue weighted by Gasteiger charge is 2.11. The molecule has 0 atom stereocenters. The van der Waals surface area contributed by atoms with Crippen LogP contribution in [0.15, 0.2) is 61.1 Å². The van der Waals surface area contributed by atoms with Crippen LogP contribution in [0, 0.1) is 25.7 Å². The summed E-state index contributed by atoms with van der Waals surface area (Å²) in [6.45, 7) is 3.88. The van der Waals surface area contributed by atoms with Crippen molar-refractivity contribution in [1.82, 2.24) is 19.3 Å². The highest BCUT2D eigenvalue weighted by atomic mass is 16.2. The van der Waals surface area contributed by atoms with Gasteiger partial charge in [-0.1, -0.05) is 12.0 Å². The van der Waals surface area contributed by atoms with Crippen LogP contribution < -0.4 is 10.6 Å². The fourth-order valence-corrected chi connectivity index (χ4v) is 3.25. The van der Waals surface area contributed by atoms with Crippen molar-refractivity contribution in [3.05, 3.63) is 89.0 Å². The lowest BCUT2D eigenvalue weighted by atomic mass is 10.0. The molecular formula is C26H24N6O2. The first-order valence-corrected chi connectivity index (χ1v) is 10.6. The molecule has 3 heterocycles. The second kappa shape index (κ2) is 9.46. The van der Waals surface area contributed by atoms with Gasteiger partial charge in [-0.25, -0.2) is 14.8 Å². The van der Waals surface area contributed by atoms with Crippen molar-refractivity contribution in [3.63, 3.8) is 0 Å². The van der Waals surface area contributed by atoms with E-state index in [9.17, 15) is 9.59 Å². The molecule has 0 saturated carbocycles. The molecule has 0 fully saturated rings. The van der Waals surface area contributed by atoms with Crippen molar-refractivity contribution >= 4 is 29.1 Å². The fourth-order valence-electron chi connectivity index (χ4n) is 3.25. The summed E-state index contributed by atoms with van der Waals surface area (Å²) in [7, 11) is 3.35. The molecule has 1 aromatic carbocycles. The standard InChI is InChI=1S/C26H24N6O2/c1-17-11-12-27-23(14-17)30-25(33)20-8-7-18(2)19(15-20)9-10-21-16-28-24-22(6-5-13-32(21)24)29-26(34)31(3)4/h5-8,11-16H,1-4H3,(H,29,34)(H,27,30,33). The predicted octanol–water partition coefficient (Wildman–Crippen LogP) is 4.09. The van der Waals surface area contributed by atoms with Crippen molar-refractivity contribution in [2.45, 2.75) is 13.8 Å². The van der Waals surface area contributed by atoms with E-state index in [1.165, 1.54) is 4.90 Å². The number of carbonyl (C=O) groups is 2. The van der Waals surface area contributed by atoms with Crippen molar-refractivity contribution < 1.29 is 9.59 Å². The van der Waals surface area contributed by atoms with E-state index < -0.39 is 0 Å². The van der Waals surface area contributed by atoms with E-state index in [2.05, 4.69) is 32.4 Å². The van der Waals surface area contributed by atoms with E-state index in [4.69, 9.17) is 0 Å². The average Bonchev–Trinajstić information content (AvgIpc) is 3.22. The third kappa shape index (κ3) is 4.89. The number of anilines is 2. The third-order valence-electron chi connectivity index (χ3n) is 5.17. The van der Waals surface area contributed by atoms with Gasteiger partial charge in [0.2, 0.25) is 0 Å². The molecule has 34 heavy (non-hydrogen) atoms. The van der Waals surface area contributed by atoms with Crippen LogP contribution in [0.4, 0.5) is 16.3 Å². The maximum atomic E-state index is 12.7. The lowest BCUT2D eigenvalue weighted by Crippen LogP contribution is -2.27. The van der Waals surface area contributed by atoms with Crippen LogP contribution in [-0.2, 0) is 0 Å². The first-order chi connectivity index (χ1) is 16.3. The number of nitrogens with one attached hydrogen (secondary N) is 2. The van der Waals surface area contributed by atoms with Crippen LogP contribution in [0.3, 0.4) is 0 Å². The van der Waals surface area contributed by atoms with Gasteiger partial charge in [0.05, 0.1) is 11.9 Å². The number of hydrogen-bond donors (Lipinski definition) is 2. The summed E-state index contributed by atoms with van der Waals surface area (Å²) in [6, 6.07) is 12.4. The number of urea groups is 1. The SMILES string of the molecule is Cc1ccnc(NC(=O)c2ccc(C)c(C#Cc3cnc4c(NC(=O)N(C)C)cccn34)c2)c1. The van der Waals surface area contributed by atoms with Gasteiger partial charge in [0.25, 0.3) is 5.91 Å². The van der Waals surface area contributed by atoms with Gasteiger partial charge in [-0.2, -0.15) is 0 Å². The molecule has 3 amide bonds.